The number of carbonyl (C=O) groups excluding carboxylic acids is 1. The predicted octanol–water partition coefficient (Wildman–Crippen LogP) is 3.15. The van der Waals surface area contributed by atoms with Crippen molar-refractivity contribution in [1.29, 1.82) is 0 Å². The summed E-state index contributed by atoms with van der Waals surface area (Å²) >= 11 is 0. The van der Waals surface area contributed by atoms with E-state index in [1.54, 1.807) is 11.6 Å². The van der Waals surface area contributed by atoms with Crippen molar-refractivity contribution in [2.45, 2.75) is 40.8 Å². The van der Waals surface area contributed by atoms with Crippen molar-refractivity contribution in [3.63, 3.8) is 0 Å². The Labute approximate surface area is 158 Å². The highest BCUT2D eigenvalue weighted by atomic mass is 16.5. The minimum Gasteiger partial charge on any atom is -0.489 e. The van der Waals surface area contributed by atoms with Gasteiger partial charge in [-0.15, -0.1) is 0 Å². The number of aryl methyl sites for hydroxylation is 4. The summed E-state index contributed by atoms with van der Waals surface area (Å²) in [4.78, 5) is 12.6. The number of amides is 1. The SMILES string of the molecule is Cc1ccc(OCc2c(C(=O)NCc3c(C)nn(C)c3C)noc2C)cc1. The van der Waals surface area contributed by atoms with Crippen LogP contribution in [0.3, 0.4) is 0 Å². The van der Waals surface area contributed by atoms with E-state index < -0.39 is 0 Å². The first-order valence-electron chi connectivity index (χ1n) is 8.78. The molecule has 0 spiro atoms. The maximum Gasteiger partial charge on any atom is 0.274 e. The number of aromatic nitrogens is 3. The van der Waals surface area contributed by atoms with Crippen LogP contribution >= 0.6 is 0 Å². The molecular weight excluding hydrogens is 344 g/mol. The van der Waals surface area contributed by atoms with Crippen LogP contribution in [-0.4, -0.2) is 20.8 Å². The summed E-state index contributed by atoms with van der Waals surface area (Å²) in [7, 11) is 1.88. The van der Waals surface area contributed by atoms with Crippen molar-refractivity contribution in [3.05, 3.63) is 63.8 Å². The lowest BCUT2D eigenvalue weighted by atomic mass is 10.1. The molecule has 7 heteroatoms. The first-order chi connectivity index (χ1) is 12.9. The number of hydrogen-bond acceptors (Lipinski definition) is 5. The number of nitrogens with one attached hydrogen (secondary N) is 1. The number of ether oxygens (including phenoxy) is 1. The van der Waals surface area contributed by atoms with Crippen molar-refractivity contribution < 1.29 is 14.1 Å². The molecule has 1 N–H and O–H groups in total. The Balaban J connectivity index is 1.69. The van der Waals surface area contributed by atoms with Crippen LogP contribution in [0.15, 0.2) is 28.8 Å². The van der Waals surface area contributed by atoms with E-state index in [-0.39, 0.29) is 18.2 Å². The third kappa shape index (κ3) is 4.02. The molecule has 0 aliphatic heterocycles. The Morgan fingerprint density at radius 2 is 1.85 bits per heavy atom. The van der Waals surface area contributed by atoms with E-state index in [1.807, 2.05) is 52.1 Å². The molecule has 0 saturated heterocycles. The molecule has 1 amide bonds. The number of hydrogen-bond donors (Lipinski definition) is 1. The molecule has 0 aliphatic rings. The zero-order chi connectivity index (χ0) is 19.6. The Morgan fingerprint density at radius 3 is 2.48 bits per heavy atom. The van der Waals surface area contributed by atoms with E-state index in [4.69, 9.17) is 9.26 Å². The number of rotatable bonds is 6. The Kier molecular flexibility index (Phi) is 5.30. The summed E-state index contributed by atoms with van der Waals surface area (Å²) in [5, 5.41) is 11.2. The van der Waals surface area contributed by atoms with Crippen LogP contribution < -0.4 is 10.1 Å². The van der Waals surface area contributed by atoms with Gasteiger partial charge in [0, 0.05) is 24.8 Å². The Morgan fingerprint density at radius 1 is 1.15 bits per heavy atom. The van der Waals surface area contributed by atoms with Crippen LogP contribution in [0.1, 0.15) is 44.3 Å². The van der Waals surface area contributed by atoms with E-state index in [1.165, 1.54) is 0 Å². The summed E-state index contributed by atoms with van der Waals surface area (Å²) in [6.45, 7) is 8.29. The normalized spacial score (nSPS) is 10.9. The molecule has 3 aromatic rings. The van der Waals surface area contributed by atoms with Crippen molar-refractivity contribution >= 4 is 5.91 Å². The molecule has 0 fully saturated rings. The van der Waals surface area contributed by atoms with Gasteiger partial charge in [0.2, 0.25) is 0 Å². The molecular formula is C20H24N4O3. The fraction of sp³-hybridized carbons (Fsp3) is 0.350. The summed E-state index contributed by atoms with van der Waals surface area (Å²) in [6.07, 6.45) is 0. The molecule has 0 aliphatic carbocycles. The van der Waals surface area contributed by atoms with Crippen LogP contribution in [0.5, 0.6) is 5.75 Å². The molecule has 0 saturated carbocycles. The molecule has 0 bridgehead atoms. The van der Waals surface area contributed by atoms with Crippen LogP contribution in [0.4, 0.5) is 0 Å². The average molecular weight is 368 g/mol. The minimum absolute atomic E-state index is 0.214. The first kappa shape index (κ1) is 18.7. The third-order valence-electron chi connectivity index (χ3n) is 4.69. The van der Waals surface area contributed by atoms with E-state index in [0.29, 0.717) is 17.9 Å². The summed E-state index contributed by atoms with van der Waals surface area (Å²) in [5.41, 5.74) is 4.97. The second-order valence-electron chi connectivity index (χ2n) is 6.62. The highest BCUT2D eigenvalue weighted by molar-refractivity contribution is 5.93. The smallest absolute Gasteiger partial charge is 0.274 e. The molecule has 3 rings (SSSR count). The lowest BCUT2D eigenvalue weighted by Gasteiger charge is -2.08. The van der Waals surface area contributed by atoms with E-state index in [9.17, 15) is 4.79 Å². The van der Waals surface area contributed by atoms with Crippen LogP contribution in [-0.2, 0) is 20.2 Å². The van der Waals surface area contributed by atoms with Crippen molar-refractivity contribution in [1.82, 2.24) is 20.3 Å². The molecule has 7 nitrogen and oxygen atoms in total. The zero-order valence-corrected chi connectivity index (χ0v) is 16.3. The predicted molar refractivity (Wildman–Crippen MR) is 101 cm³/mol. The van der Waals surface area contributed by atoms with Gasteiger partial charge in [-0.05, 0) is 39.8 Å². The van der Waals surface area contributed by atoms with Crippen molar-refractivity contribution in [2.75, 3.05) is 0 Å². The molecule has 27 heavy (non-hydrogen) atoms. The lowest BCUT2D eigenvalue weighted by Crippen LogP contribution is -2.25. The lowest BCUT2D eigenvalue weighted by molar-refractivity contribution is 0.0939. The Bertz CT molecular complexity index is 955. The maximum absolute atomic E-state index is 12.6. The van der Waals surface area contributed by atoms with Crippen LogP contribution in [0.25, 0.3) is 0 Å². The summed E-state index contributed by atoms with van der Waals surface area (Å²) < 4.78 is 12.8. The molecule has 142 valence electrons. The van der Waals surface area contributed by atoms with Crippen LogP contribution in [0, 0.1) is 27.7 Å². The molecule has 2 aromatic heterocycles. The van der Waals surface area contributed by atoms with Crippen molar-refractivity contribution in [3.8, 4) is 5.75 Å². The van der Waals surface area contributed by atoms with Crippen LogP contribution in [0.2, 0.25) is 0 Å². The van der Waals surface area contributed by atoms with Crippen molar-refractivity contribution in [2.24, 2.45) is 7.05 Å². The van der Waals surface area contributed by atoms with Gasteiger partial charge in [-0.2, -0.15) is 5.10 Å². The largest absolute Gasteiger partial charge is 0.489 e. The van der Waals surface area contributed by atoms with Gasteiger partial charge < -0.3 is 14.6 Å². The van der Waals surface area contributed by atoms with E-state index in [0.717, 1.165) is 28.3 Å². The maximum atomic E-state index is 12.6. The number of carbonyl (C=O) groups is 1. The highest BCUT2D eigenvalue weighted by Crippen LogP contribution is 2.19. The highest BCUT2D eigenvalue weighted by Gasteiger charge is 2.21. The topological polar surface area (TPSA) is 82.2 Å². The third-order valence-corrected chi connectivity index (χ3v) is 4.69. The fourth-order valence-corrected chi connectivity index (χ4v) is 2.86. The fourth-order valence-electron chi connectivity index (χ4n) is 2.86. The van der Waals surface area contributed by atoms with E-state index in [2.05, 4.69) is 15.6 Å². The molecule has 2 heterocycles. The molecule has 0 radical (unpaired) electrons. The molecule has 0 atom stereocenters. The average Bonchev–Trinajstić information content (AvgIpc) is 3.12. The molecule has 1 aromatic carbocycles. The monoisotopic (exact) mass is 368 g/mol. The van der Waals surface area contributed by atoms with Gasteiger partial charge in [-0.3, -0.25) is 9.48 Å². The van der Waals surface area contributed by atoms with Gasteiger partial charge in [0.25, 0.3) is 5.91 Å². The van der Waals surface area contributed by atoms with Gasteiger partial charge in [0.05, 0.1) is 11.3 Å². The second kappa shape index (κ2) is 7.65. The van der Waals surface area contributed by atoms with Gasteiger partial charge >= 0.3 is 0 Å². The minimum atomic E-state index is -0.294. The number of nitrogens with zero attached hydrogens (tertiary/aromatic N) is 3. The summed E-state index contributed by atoms with van der Waals surface area (Å²) in [6, 6.07) is 7.74. The Hall–Kier alpha value is -3.09. The first-order valence-corrected chi connectivity index (χ1v) is 8.78. The second-order valence-corrected chi connectivity index (χ2v) is 6.62. The summed E-state index contributed by atoms with van der Waals surface area (Å²) in [5.74, 6) is 1.01. The van der Waals surface area contributed by atoms with Gasteiger partial charge in [-0.1, -0.05) is 22.9 Å². The van der Waals surface area contributed by atoms with Gasteiger partial charge in [0.15, 0.2) is 5.69 Å². The number of benzene rings is 1. The van der Waals surface area contributed by atoms with Gasteiger partial charge in [-0.25, -0.2) is 0 Å². The standard InChI is InChI=1S/C20H24N4O3/c1-12-6-8-16(9-7-12)26-11-18-15(4)27-23-19(18)20(25)21-10-17-13(2)22-24(5)14(17)3/h6-9H,10-11H2,1-5H3,(H,21,25). The van der Waals surface area contributed by atoms with E-state index >= 15 is 0 Å². The quantitative estimate of drug-likeness (QED) is 0.723. The molecule has 0 unspecified atom stereocenters. The van der Waals surface area contributed by atoms with Gasteiger partial charge in [0.1, 0.15) is 18.1 Å². The zero-order valence-electron chi connectivity index (χ0n) is 16.3.